The lowest BCUT2D eigenvalue weighted by Crippen LogP contribution is -2.35. The molecule has 3 N–H and O–H groups in total. The number of benzene rings is 2. The third-order valence-corrected chi connectivity index (χ3v) is 4.60. The number of para-hydroxylation sites is 1. The van der Waals surface area contributed by atoms with E-state index in [0.29, 0.717) is 22.0 Å². The topological polar surface area (TPSA) is 96.5 Å². The molecule has 8 heteroatoms. The van der Waals surface area contributed by atoms with E-state index >= 15 is 0 Å². The van der Waals surface area contributed by atoms with Gasteiger partial charge in [-0.05, 0) is 47.8 Å². The van der Waals surface area contributed by atoms with Crippen LogP contribution in [0.2, 0.25) is 0 Å². The van der Waals surface area contributed by atoms with Crippen molar-refractivity contribution in [1.29, 1.82) is 0 Å². The highest BCUT2D eigenvalue weighted by Gasteiger charge is 2.09. The van der Waals surface area contributed by atoms with Crippen LogP contribution in [-0.2, 0) is 9.59 Å². The van der Waals surface area contributed by atoms with Gasteiger partial charge in [-0.15, -0.1) is 11.3 Å². The van der Waals surface area contributed by atoms with Crippen LogP contribution in [0.15, 0.2) is 72.1 Å². The summed E-state index contributed by atoms with van der Waals surface area (Å²) in [4.78, 5) is 36.4. The maximum atomic E-state index is 12.0. The van der Waals surface area contributed by atoms with Crippen LogP contribution in [0.4, 0.5) is 11.4 Å². The molecular weight excluding hydrogens is 390 g/mol. The minimum absolute atomic E-state index is 0.171. The van der Waals surface area contributed by atoms with Gasteiger partial charge in [0.25, 0.3) is 11.8 Å². The first-order valence-corrected chi connectivity index (χ1v) is 9.67. The Bertz CT molecular complexity index is 957. The van der Waals surface area contributed by atoms with E-state index in [0.717, 1.165) is 0 Å². The largest absolute Gasteiger partial charge is 0.484 e. The number of carbonyl (C=O) groups is 3. The van der Waals surface area contributed by atoms with Crippen molar-refractivity contribution in [3.8, 4) is 5.75 Å². The summed E-state index contributed by atoms with van der Waals surface area (Å²) < 4.78 is 5.31. The first kappa shape index (κ1) is 20.1. The summed E-state index contributed by atoms with van der Waals surface area (Å²) in [5.74, 6) is -0.361. The third-order valence-electron chi connectivity index (χ3n) is 3.73. The molecule has 0 aliphatic carbocycles. The Morgan fingerprint density at radius 1 is 0.793 bits per heavy atom. The van der Waals surface area contributed by atoms with Crippen LogP contribution in [0.5, 0.6) is 5.75 Å². The van der Waals surface area contributed by atoms with Gasteiger partial charge in [-0.3, -0.25) is 14.4 Å². The molecule has 0 saturated carbocycles. The van der Waals surface area contributed by atoms with Crippen LogP contribution in [0.25, 0.3) is 0 Å². The van der Waals surface area contributed by atoms with Crippen LogP contribution in [-0.4, -0.2) is 30.9 Å². The summed E-state index contributed by atoms with van der Waals surface area (Å²) >= 11 is 1.36. The molecule has 0 saturated heterocycles. The van der Waals surface area contributed by atoms with Crippen molar-refractivity contribution in [2.45, 2.75) is 0 Å². The number of hydrogen-bond donors (Lipinski definition) is 3. The molecular formula is C21H19N3O4S. The van der Waals surface area contributed by atoms with Gasteiger partial charge in [0.1, 0.15) is 5.75 Å². The average molecular weight is 409 g/mol. The zero-order chi connectivity index (χ0) is 20.5. The second-order valence-corrected chi connectivity index (χ2v) is 6.88. The molecule has 0 atom stereocenters. The number of anilines is 2. The molecule has 0 radical (unpaired) electrons. The molecule has 0 fully saturated rings. The molecule has 1 aromatic heterocycles. The molecule has 0 spiro atoms. The monoisotopic (exact) mass is 409 g/mol. The second kappa shape index (κ2) is 10.0. The quantitative estimate of drug-likeness (QED) is 0.533. The zero-order valence-corrected chi connectivity index (χ0v) is 16.2. The Morgan fingerprint density at radius 3 is 2.14 bits per heavy atom. The molecule has 3 aromatic rings. The fraction of sp³-hybridized carbons (Fsp3) is 0.0952. The highest BCUT2D eigenvalue weighted by atomic mass is 32.1. The number of amides is 3. The summed E-state index contributed by atoms with van der Waals surface area (Å²) in [5, 5.41) is 9.78. The number of thiophene rings is 1. The van der Waals surface area contributed by atoms with E-state index in [1.807, 2.05) is 17.5 Å². The minimum atomic E-state index is -0.393. The first-order valence-electron chi connectivity index (χ1n) is 8.79. The molecule has 0 aliphatic heterocycles. The highest BCUT2D eigenvalue weighted by molar-refractivity contribution is 7.12. The first-order chi connectivity index (χ1) is 14.1. The lowest BCUT2D eigenvalue weighted by Gasteiger charge is -2.09. The van der Waals surface area contributed by atoms with Crippen molar-refractivity contribution in [2.75, 3.05) is 23.8 Å². The molecule has 3 amide bonds. The van der Waals surface area contributed by atoms with Gasteiger partial charge in [0.15, 0.2) is 6.61 Å². The number of hydrogen-bond acceptors (Lipinski definition) is 5. The summed E-state index contributed by atoms with van der Waals surface area (Å²) in [7, 11) is 0. The van der Waals surface area contributed by atoms with E-state index in [2.05, 4.69) is 16.0 Å². The van der Waals surface area contributed by atoms with E-state index < -0.39 is 5.91 Å². The fourth-order valence-corrected chi connectivity index (χ4v) is 2.96. The van der Waals surface area contributed by atoms with Gasteiger partial charge >= 0.3 is 0 Å². The molecule has 3 rings (SSSR count). The fourth-order valence-electron chi connectivity index (χ4n) is 2.34. The molecule has 29 heavy (non-hydrogen) atoms. The molecule has 0 unspecified atom stereocenters. The van der Waals surface area contributed by atoms with E-state index in [9.17, 15) is 14.4 Å². The predicted molar refractivity (Wildman–Crippen MR) is 112 cm³/mol. The van der Waals surface area contributed by atoms with Gasteiger partial charge in [0.05, 0.1) is 11.4 Å². The predicted octanol–water partition coefficient (Wildman–Crippen LogP) is 3.13. The van der Waals surface area contributed by atoms with E-state index in [4.69, 9.17) is 4.74 Å². The van der Waals surface area contributed by atoms with Gasteiger partial charge in [-0.1, -0.05) is 24.3 Å². The SMILES string of the molecule is O=C(COc1ccccc1)NCC(=O)Nc1ccc(NC(=O)c2cccs2)cc1. The van der Waals surface area contributed by atoms with Crippen LogP contribution in [0, 0.1) is 0 Å². The highest BCUT2D eigenvalue weighted by Crippen LogP contribution is 2.16. The van der Waals surface area contributed by atoms with Crippen molar-refractivity contribution < 1.29 is 19.1 Å². The van der Waals surface area contributed by atoms with Crippen LogP contribution in [0.1, 0.15) is 9.67 Å². The van der Waals surface area contributed by atoms with Crippen LogP contribution < -0.4 is 20.7 Å². The Hall–Kier alpha value is -3.65. The molecule has 1 heterocycles. The van der Waals surface area contributed by atoms with Gasteiger partial charge in [-0.2, -0.15) is 0 Å². The number of rotatable bonds is 8. The van der Waals surface area contributed by atoms with Crippen LogP contribution >= 0.6 is 11.3 Å². The summed E-state index contributed by atoms with van der Waals surface area (Å²) in [6, 6.07) is 19.2. The van der Waals surface area contributed by atoms with E-state index in [1.54, 1.807) is 54.6 Å². The number of ether oxygens (including phenoxy) is 1. The zero-order valence-electron chi connectivity index (χ0n) is 15.4. The van der Waals surface area contributed by atoms with Crippen molar-refractivity contribution in [1.82, 2.24) is 5.32 Å². The molecule has 0 bridgehead atoms. The molecule has 2 aromatic carbocycles. The molecule has 7 nitrogen and oxygen atoms in total. The third kappa shape index (κ3) is 6.47. The van der Waals surface area contributed by atoms with Crippen molar-refractivity contribution in [2.24, 2.45) is 0 Å². The van der Waals surface area contributed by atoms with Crippen molar-refractivity contribution >= 4 is 40.4 Å². The normalized spacial score (nSPS) is 10.1. The van der Waals surface area contributed by atoms with Crippen molar-refractivity contribution in [3.63, 3.8) is 0 Å². The standard InChI is InChI=1S/C21H19N3O4S/c25-19(13-22-20(26)14-28-17-5-2-1-3-6-17)23-15-8-10-16(11-9-15)24-21(27)18-7-4-12-29-18/h1-12H,13-14H2,(H,22,26)(H,23,25)(H,24,27). The summed E-state index contributed by atoms with van der Waals surface area (Å²) in [6.07, 6.45) is 0. The summed E-state index contributed by atoms with van der Waals surface area (Å²) in [5.41, 5.74) is 1.17. The van der Waals surface area contributed by atoms with Crippen molar-refractivity contribution in [3.05, 3.63) is 77.0 Å². The second-order valence-electron chi connectivity index (χ2n) is 5.94. The van der Waals surface area contributed by atoms with Gasteiger partial charge in [0.2, 0.25) is 5.91 Å². The Kier molecular flexibility index (Phi) is 6.96. The van der Waals surface area contributed by atoms with Gasteiger partial charge < -0.3 is 20.7 Å². The number of carbonyl (C=O) groups excluding carboxylic acids is 3. The van der Waals surface area contributed by atoms with E-state index in [1.165, 1.54) is 11.3 Å². The molecule has 148 valence electrons. The Balaban J connectivity index is 1.39. The molecule has 0 aliphatic rings. The Morgan fingerprint density at radius 2 is 1.48 bits per heavy atom. The maximum Gasteiger partial charge on any atom is 0.265 e. The lowest BCUT2D eigenvalue weighted by atomic mass is 10.2. The smallest absolute Gasteiger partial charge is 0.265 e. The Labute approximate surface area is 171 Å². The van der Waals surface area contributed by atoms with Gasteiger partial charge in [0, 0.05) is 11.4 Å². The average Bonchev–Trinajstić information content (AvgIpc) is 3.28. The van der Waals surface area contributed by atoms with E-state index in [-0.39, 0.29) is 25.0 Å². The summed E-state index contributed by atoms with van der Waals surface area (Å²) in [6.45, 7) is -0.343. The van der Waals surface area contributed by atoms with Crippen LogP contribution in [0.3, 0.4) is 0 Å². The minimum Gasteiger partial charge on any atom is -0.484 e. The maximum absolute atomic E-state index is 12.0. The number of nitrogens with one attached hydrogen (secondary N) is 3. The lowest BCUT2D eigenvalue weighted by molar-refractivity contribution is -0.125. The van der Waals surface area contributed by atoms with Gasteiger partial charge in [-0.25, -0.2) is 0 Å².